The molecule has 1 N–H and O–H groups in total. The Morgan fingerprint density at radius 2 is 1.71 bits per heavy atom. The Hall–Kier alpha value is -2.48. The molecule has 0 saturated carbocycles. The normalized spacial score (nSPS) is 14.5. The summed E-state index contributed by atoms with van der Waals surface area (Å²) in [4.78, 5) is 40.0. The van der Waals surface area contributed by atoms with Crippen LogP contribution in [0.5, 0.6) is 5.75 Å². The van der Waals surface area contributed by atoms with Crippen molar-refractivity contribution in [2.45, 2.75) is 26.4 Å². The fourth-order valence-electron chi connectivity index (χ4n) is 2.75. The molecule has 9 heteroatoms. The molecule has 1 aromatic carbocycles. The highest BCUT2D eigenvalue weighted by Crippen LogP contribution is 2.24. The number of benzene rings is 1. The summed E-state index contributed by atoms with van der Waals surface area (Å²) in [6.07, 6.45) is -0.636. The summed E-state index contributed by atoms with van der Waals surface area (Å²) in [6, 6.07) is 4.88. The second-order valence-electron chi connectivity index (χ2n) is 7.37. The zero-order chi connectivity index (χ0) is 20.9. The third-order valence-corrected chi connectivity index (χ3v) is 4.33. The number of ether oxygens (including phenoxy) is 2. The minimum absolute atomic E-state index is 0.148. The smallest absolute Gasteiger partial charge is 0.408 e. The maximum atomic E-state index is 12.8. The number of hydrogen-bond donors (Lipinski definition) is 1. The number of amides is 3. The Kier molecular flexibility index (Phi) is 7.12. The van der Waals surface area contributed by atoms with Crippen molar-refractivity contribution in [1.82, 2.24) is 15.1 Å². The molecule has 0 aliphatic carbocycles. The van der Waals surface area contributed by atoms with E-state index in [0.29, 0.717) is 42.5 Å². The third kappa shape index (κ3) is 6.02. The summed E-state index contributed by atoms with van der Waals surface area (Å²) in [6.45, 7) is 6.62. The quantitative estimate of drug-likeness (QED) is 0.820. The minimum Gasteiger partial charge on any atom is -0.496 e. The van der Waals surface area contributed by atoms with E-state index >= 15 is 0 Å². The predicted octanol–water partition coefficient (Wildman–Crippen LogP) is 2.16. The van der Waals surface area contributed by atoms with Crippen LogP contribution in [-0.2, 0) is 9.53 Å². The van der Waals surface area contributed by atoms with Crippen molar-refractivity contribution >= 4 is 29.5 Å². The molecule has 1 saturated heterocycles. The maximum absolute atomic E-state index is 12.8. The van der Waals surface area contributed by atoms with Crippen LogP contribution in [0, 0.1) is 0 Å². The molecule has 1 aliphatic rings. The zero-order valence-electron chi connectivity index (χ0n) is 16.6. The van der Waals surface area contributed by atoms with Crippen LogP contribution in [-0.4, -0.2) is 73.1 Å². The van der Waals surface area contributed by atoms with Gasteiger partial charge in [0.1, 0.15) is 17.9 Å². The van der Waals surface area contributed by atoms with Crippen LogP contribution in [0.3, 0.4) is 0 Å². The third-order valence-electron chi connectivity index (χ3n) is 4.09. The highest BCUT2D eigenvalue weighted by atomic mass is 35.5. The Bertz CT molecular complexity index is 740. The molecule has 3 amide bonds. The van der Waals surface area contributed by atoms with Crippen LogP contribution < -0.4 is 10.1 Å². The average Bonchev–Trinajstić information content (AvgIpc) is 2.64. The number of nitrogens with one attached hydrogen (secondary N) is 1. The van der Waals surface area contributed by atoms with Gasteiger partial charge in [-0.05, 0) is 39.0 Å². The average molecular weight is 412 g/mol. The molecule has 1 heterocycles. The van der Waals surface area contributed by atoms with Gasteiger partial charge in [0.2, 0.25) is 5.91 Å². The summed E-state index contributed by atoms with van der Waals surface area (Å²) in [7, 11) is 1.49. The monoisotopic (exact) mass is 411 g/mol. The number of halogens is 1. The standard InChI is InChI=1S/C19H26ClN3O5/c1-19(2,3)28-18(26)21-12-16(24)22-7-9-23(10-8-22)17(25)14-11-13(20)5-6-15(14)27-4/h5-6,11H,7-10,12H2,1-4H3,(H,21,26). The van der Waals surface area contributed by atoms with Crippen molar-refractivity contribution in [2.24, 2.45) is 0 Å². The lowest BCUT2D eigenvalue weighted by Gasteiger charge is -2.35. The first kappa shape index (κ1) is 21.8. The van der Waals surface area contributed by atoms with Gasteiger partial charge in [0.15, 0.2) is 0 Å². The van der Waals surface area contributed by atoms with Crippen molar-refractivity contribution < 1.29 is 23.9 Å². The molecular weight excluding hydrogens is 386 g/mol. The summed E-state index contributed by atoms with van der Waals surface area (Å²) in [5.41, 5.74) is -0.234. The highest BCUT2D eigenvalue weighted by Gasteiger charge is 2.27. The van der Waals surface area contributed by atoms with Crippen LogP contribution in [0.25, 0.3) is 0 Å². The van der Waals surface area contributed by atoms with Crippen molar-refractivity contribution in [3.05, 3.63) is 28.8 Å². The number of rotatable bonds is 4. The molecule has 0 unspecified atom stereocenters. The predicted molar refractivity (Wildman–Crippen MR) is 105 cm³/mol. The Morgan fingerprint density at radius 1 is 1.11 bits per heavy atom. The molecule has 1 aromatic rings. The molecule has 2 rings (SSSR count). The van der Waals surface area contributed by atoms with Gasteiger partial charge in [0, 0.05) is 31.2 Å². The Balaban J connectivity index is 1.87. The van der Waals surface area contributed by atoms with Gasteiger partial charge in [-0.3, -0.25) is 9.59 Å². The molecule has 0 radical (unpaired) electrons. The van der Waals surface area contributed by atoms with E-state index in [2.05, 4.69) is 5.32 Å². The first-order chi connectivity index (χ1) is 13.1. The van der Waals surface area contributed by atoms with E-state index in [0.717, 1.165) is 0 Å². The summed E-state index contributed by atoms with van der Waals surface area (Å²) < 4.78 is 10.3. The van der Waals surface area contributed by atoms with E-state index in [4.69, 9.17) is 21.1 Å². The lowest BCUT2D eigenvalue weighted by atomic mass is 10.1. The maximum Gasteiger partial charge on any atom is 0.408 e. The molecule has 0 spiro atoms. The SMILES string of the molecule is COc1ccc(Cl)cc1C(=O)N1CCN(C(=O)CNC(=O)OC(C)(C)C)CC1. The van der Waals surface area contributed by atoms with Crippen molar-refractivity contribution in [3.63, 3.8) is 0 Å². The second-order valence-corrected chi connectivity index (χ2v) is 7.81. The number of nitrogens with zero attached hydrogens (tertiary/aromatic N) is 2. The molecule has 0 aromatic heterocycles. The van der Waals surface area contributed by atoms with Crippen molar-refractivity contribution in [3.8, 4) is 5.75 Å². The minimum atomic E-state index is -0.636. The fourth-order valence-corrected chi connectivity index (χ4v) is 2.92. The van der Waals surface area contributed by atoms with Crippen LogP contribution >= 0.6 is 11.6 Å². The first-order valence-corrected chi connectivity index (χ1v) is 9.36. The number of hydrogen-bond acceptors (Lipinski definition) is 5. The largest absolute Gasteiger partial charge is 0.496 e. The highest BCUT2D eigenvalue weighted by molar-refractivity contribution is 6.31. The first-order valence-electron chi connectivity index (χ1n) is 8.98. The fraction of sp³-hybridized carbons (Fsp3) is 0.526. The van der Waals surface area contributed by atoms with Crippen molar-refractivity contribution in [1.29, 1.82) is 0 Å². The van der Waals surface area contributed by atoms with E-state index < -0.39 is 11.7 Å². The van der Waals surface area contributed by atoms with E-state index in [1.807, 2.05) is 0 Å². The second kappa shape index (κ2) is 9.14. The van der Waals surface area contributed by atoms with Crippen LogP contribution in [0.1, 0.15) is 31.1 Å². The van der Waals surface area contributed by atoms with Crippen molar-refractivity contribution in [2.75, 3.05) is 39.8 Å². The van der Waals surface area contributed by atoms with E-state index in [1.54, 1.807) is 48.8 Å². The van der Waals surface area contributed by atoms with Gasteiger partial charge in [0.25, 0.3) is 5.91 Å². The van der Waals surface area contributed by atoms with Gasteiger partial charge >= 0.3 is 6.09 Å². The number of alkyl carbamates (subject to hydrolysis) is 1. The van der Waals surface area contributed by atoms with E-state index in [-0.39, 0.29) is 18.4 Å². The lowest BCUT2D eigenvalue weighted by Crippen LogP contribution is -2.52. The summed E-state index contributed by atoms with van der Waals surface area (Å²) >= 11 is 6.00. The van der Waals surface area contributed by atoms with E-state index in [1.165, 1.54) is 7.11 Å². The molecular formula is C19H26ClN3O5. The van der Waals surface area contributed by atoms with Gasteiger partial charge in [-0.15, -0.1) is 0 Å². The topological polar surface area (TPSA) is 88.2 Å². The molecule has 1 fully saturated rings. The number of carbonyl (C=O) groups is 3. The van der Waals surface area contributed by atoms with Gasteiger partial charge in [-0.2, -0.15) is 0 Å². The number of methoxy groups -OCH3 is 1. The number of piperazine rings is 1. The Labute approximate surface area is 169 Å². The summed E-state index contributed by atoms with van der Waals surface area (Å²) in [5, 5.41) is 2.90. The van der Waals surface area contributed by atoms with Crippen LogP contribution in [0.4, 0.5) is 4.79 Å². The summed E-state index contributed by atoms with van der Waals surface area (Å²) in [5.74, 6) is 0.0334. The molecule has 0 atom stereocenters. The van der Waals surface area contributed by atoms with Crippen LogP contribution in [0.2, 0.25) is 5.02 Å². The zero-order valence-corrected chi connectivity index (χ0v) is 17.3. The van der Waals surface area contributed by atoms with Gasteiger partial charge < -0.3 is 24.6 Å². The molecule has 8 nitrogen and oxygen atoms in total. The van der Waals surface area contributed by atoms with E-state index in [9.17, 15) is 14.4 Å². The molecule has 28 heavy (non-hydrogen) atoms. The van der Waals surface area contributed by atoms with Crippen LogP contribution in [0.15, 0.2) is 18.2 Å². The molecule has 1 aliphatic heterocycles. The Morgan fingerprint density at radius 3 is 2.29 bits per heavy atom. The number of carbonyl (C=O) groups excluding carboxylic acids is 3. The molecule has 0 bridgehead atoms. The van der Waals surface area contributed by atoms with Gasteiger partial charge in [0.05, 0.1) is 12.7 Å². The molecule has 154 valence electrons. The van der Waals surface area contributed by atoms with Gasteiger partial charge in [-0.1, -0.05) is 11.6 Å². The van der Waals surface area contributed by atoms with Gasteiger partial charge in [-0.25, -0.2) is 4.79 Å². The lowest BCUT2D eigenvalue weighted by molar-refractivity contribution is -0.131.